The zero-order valence-electron chi connectivity index (χ0n) is 19.1. The first kappa shape index (κ1) is 22.1. The second-order valence-electron chi connectivity index (χ2n) is 8.56. The van der Waals surface area contributed by atoms with Gasteiger partial charge in [-0.1, -0.05) is 42.5 Å². The highest BCUT2D eigenvalue weighted by Crippen LogP contribution is 2.21. The van der Waals surface area contributed by atoms with E-state index in [0.717, 1.165) is 56.0 Å². The van der Waals surface area contributed by atoms with Gasteiger partial charge in [0.15, 0.2) is 0 Å². The van der Waals surface area contributed by atoms with Crippen molar-refractivity contribution >= 4 is 28.2 Å². The van der Waals surface area contributed by atoms with Gasteiger partial charge in [-0.25, -0.2) is 0 Å². The number of carbonyl (C=O) groups excluding carboxylic acids is 1. The Balaban J connectivity index is 1.29. The molecule has 0 saturated carbocycles. The minimum absolute atomic E-state index is 0.181. The number of anilines is 2. The topological polar surface area (TPSA) is 85.4 Å². The molecule has 7 nitrogen and oxygen atoms in total. The molecule has 5 rings (SSSR count). The van der Waals surface area contributed by atoms with Crippen molar-refractivity contribution in [1.82, 2.24) is 14.7 Å². The largest absolute Gasteiger partial charge is 0.397 e. The smallest absolute Gasteiger partial charge is 0.255 e. The number of hydrogen-bond donors (Lipinski definition) is 2. The summed E-state index contributed by atoms with van der Waals surface area (Å²) >= 11 is 0. The van der Waals surface area contributed by atoms with Gasteiger partial charge in [-0.15, -0.1) is 0 Å². The molecule has 1 fully saturated rings. The van der Waals surface area contributed by atoms with Crippen LogP contribution in [0.2, 0.25) is 0 Å². The third-order valence-electron chi connectivity index (χ3n) is 6.26. The van der Waals surface area contributed by atoms with E-state index >= 15 is 0 Å². The van der Waals surface area contributed by atoms with Crippen LogP contribution in [0.3, 0.4) is 0 Å². The summed E-state index contributed by atoms with van der Waals surface area (Å²) in [5.74, 6) is -0.181. The highest BCUT2D eigenvalue weighted by Gasteiger charge is 2.15. The Hall–Kier alpha value is -3.68. The number of benzene rings is 3. The number of nitrogens with one attached hydrogen (secondary N) is 1. The normalized spacial score (nSPS) is 14.4. The highest BCUT2D eigenvalue weighted by atomic mass is 16.5. The fraction of sp³-hybridized carbons (Fsp3) is 0.259. The first-order chi connectivity index (χ1) is 16.7. The van der Waals surface area contributed by atoms with Crippen molar-refractivity contribution in [1.29, 1.82) is 0 Å². The number of rotatable bonds is 7. The van der Waals surface area contributed by atoms with Gasteiger partial charge in [-0.05, 0) is 35.9 Å². The van der Waals surface area contributed by atoms with Gasteiger partial charge in [0.2, 0.25) is 0 Å². The highest BCUT2D eigenvalue weighted by molar-refractivity contribution is 6.05. The molecule has 1 saturated heterocycles. The van der Waals surface area contributed by atoms with E-state index in [1.165, 1.54) is 5.39 Å². The lowest BCUT2D eigenvalue weighted by atomic mass is 10.1. The standard InChI is InChI=1S/C27H29N5O2/c28-23-6-2-3-7-25(23)29-27(33)21-11-9-20(10-12-21)19-32-26-8-4-1-5-22(26)24(30-32)13-14-31-15-17-34-18-16-31/h1-12H,13-19,28H2,(H,29,33). The third kappa shape index (κ3) is 4.95. The number of fused-ring (bicyclic) bond motifs is 1. The summed E-state index contributed by atoms with van der Waals surface area (Å²) in [6, 6.07) is 23.3. The Bertz CT molecular complexity index is 1280. The molecule has 34 heavy (non-hydrogen) atoms. The number of carbonyl (C=O) groups is 1. The van der Waals surface area contributed by atoms with E-state index < -0.39 is 0 Å². The maximum absolute atomic E-state index is 12.6. The summed E-state index contributed by atoms with van der Waals surface area (Å²) in [6.07, 6.45) is 0.912. The predicted octanol–water partition coefficient (Wildman–Crippen LogP) is 3.79. The van der Waals surface area contributed by atoms with Crippen LogP contribution in [-0.2, 0) is 17.7 Å². The molecule has 7 heteroatoms. The molecule has 3 aromatic carbocycles. The molecule has 174 valence electrons. The Morgan fingerprint density at radius 1 is 0.971 bits per heavy atom. The van der Waals surface area contributed by atoms with E-state index in [-0.39, 0.29) is 5.91 Å². The van der Waals surface area contributed by atoms with Crippen LogP contribution < -0.4 is 11.1 Å². The van der Waals surface area contributed by atoms with Gasteiger partial charge in [0.05, 0.1) is 42.3 Å². The van der Waals surface area contributed by atoms with Crippen molar-refractivity contribution in [3.63, 3.8) is 0 Å². The fourth-order valence-corrected chi connectivity index (χ4v) is 4.33. The number of nitrogen functional groups attached to an aromatic ring is 1. The lowest BCUT2D eigenvalue weighted by Crippen LogP contribution is -2.37. The number of nitrogens with two attached hydrogens (primary N) is 1. The maximum Gasteiger partial charge on any atom is 0.255 e. The number of morpholine rings is 1. The Morgan fingerprint density at radius 2 is 1.71 bits per heavy atom. The number of aromatic nitrogens is 2. The molecular formula is C27H29N5O2. The van der Waals surface area contributed by atoms with Crippen LogP contribution in [-0.4, -0.2) is 53.4 Å². The molecule has 4 aromatic rings. The van der Waals surface area contributed by atoms with Crippen LogP contribution in [0.1, 0.15) is 21.6 Å². The van der Waals surface area contributed by atoms with Crippen LogP contribution in [0.5, 0.6) is 0 Å². The summed E-state index contributed by atoms with van der Waals surface area (Å²) in [5.41, 5.74) is 11.0. The minimum atomic E-state index is -0.181. The molecule has 0 spiro atoms. The van der Waals surface area contributed by atoms with E-state index in [1.54, 1.807) is 12.1 Å². The van der Waals surface area contributed by atoms with Crippen LogP contribution in [0, 0.1) is 0 Å². The molecule has 1 aromatic heterocycles. The van der Waals surface area contributed by atoms with Crippen molar-refractivity contribution in [2.75, 3.05) is 43.9 Å². The van der Waals surface area contributed by atoms with Crippen LogP contribution in [0.25, 0.3) is 10.9 Å². The van der Waals surface area contributed by atoms with Gasteiger partial charge < -0.3 is 15.8 Å². The van der Waals surface area contributed by atoms with Gasteiger partial charge in [0, 0.05) is 37.0 Å². The van der Waals surface area contributed by atoms with Gasteiger partial charge in [0.1, 0.15) is 0 Å². The molecule has 1 amide bonds. The van der Waals surface area contributed by atoms with Crippen molar-refractivity contribution in [2.45, 2.75) is 13.0 Å². The second kappa shape index (κ2) is 10.1. The molecule has 0 aliphatic carbocycles. The summed E-state index contributed by atoms with van der Waals surface area (Å²) in [7, 11) is 0. The molecule has 2 heterocycles. The summed E-state index contributed by atoms with van der Waals surface area (Å²) in [5, 5.41) is 9.03. The van der Waals surface area contributed by atoms with Crippen LogP contribution in [0.15, 0.2) is 72.8 Å². The number of nitrogens with zero attached hydrogens (tertiary/aromatic N) is 3. The first-order valence-electron chi connectivity index (χ1n) is 11.7. The van der Waals surface area contributed by atoms with Gasteiger partial charge in [-0.2, -0.15) is 5.10 Å². The van der Waals surface area contributed by atoms with Crippen LogP contribution in [0.4, 0.5) is 11.4 Å². The van der Waals surface area contributed by atoms with Crippen molar-refractivity contribution in [2.24, 2.45) is 0 Å². The summed E-state index contributed by atoms with van der Waals surface area (Å²) in [4.78, 5) is 15.1. The number of amides is 1. The Labute approximate surface area is 199 Å². The molecule has 1 aliphatic rings. The Kier molecular flexibility index (Phi) is 6.56. The third-order valence-corrected chi connectivity index (χ3v) is 6.26. The quantitative estimate of drug-likeness (QED) is 0.414. The second-order valence-corrected chi connectivity index (χ2v) is 8.56. The zero-order valence-corrected chi connectivity index (χ0v) is 19.1. The molecule has 3 N–H and O–H groups in total. The van der Waals surface area contributed by atoms with E-state index in [0.29, 0.717) is 23.5 Å². The lowest BCUT2D eigenvalue weighted by Gasteiger charge is -2.26. The summed E-state index contributed by atoms with van der Waals surface area (Å²) in [6.45, 7) is 5.21. The molecular weight excluding hydrogens is 426 g/mol. The predicted molar refractivity (Wildman–Crippen MR) is 135 cm³/mol. The lowest BCUT2D eigenvalue weighted by molar-refractivity contribution is 0.0383. The average Bonchev–Trinajstić information content (AvgIpc) is 3.22. The van der Waals surface area contributed by atoms with E-state index in [4.69, 9.17) is 15.6 Å². The summed E-state index contributed by atoms with van der Waals surface area (Å²) < 4.78 is 7.52. The zero-order chi connectivity index (χ0) is 23.3. The van der Waals surface area contributed by atoms with E-state index in [2.05, 4.69) is 39.2 Å². The van der Waals surface area contributed by atoms with E-state index in [9.17, 15) is 4.79 Å². The SMILES string of the molecule is Nc1ccccc1NC(=O)c1ccc(Cn2nc(CCN3CCOCC3)c3ccccc32)cc1. The maximum atomic E-state index is 12.6. The molecule has 0 bridgehead atoms. The molecule has 0 unspecified atom stereocenters. The van der Waals surface area contributed by atoms with Gasteiger partial charge in [-0.3, -0.25) is 14.4 Å². The van der Waals surface area contributed by atoms with Gasteiger partial charge >= 0.3 is 0 Å². The average molecular weight is 456 g/mol. The molecule has 1 aliphatic heterocycles. The van der Waals surface area contributed by atoms with Crippen molar-refractivity contribution in [3.8, 4) is 0 Å². The number of hydrogen-bond acceptors (Lipinski definition) is 5. The minimum Gasteiger partial charge on any atom is -0.397 e. The molecule has 0 radical (unpaired) electrons. The van der Waals surface area contributed by atoms with Crippen molar-refractivity contribution < 1.29 is 9.53 Å². The fourth-order valence-electron chi connectivity index (χ4n) is 4.33. The number of ether oxygens (including phenoxy) is 1. The number of para-hydroxylation sites is 3. The van der Waals surface area contributed by atoms with Crippen molar-refractivity contribution in [3.05, 3.63) is 89.6 Å². The Morgan fingerprint density at radius 3 is 2.50 bits per heavy atom. The van der Waals surface area contributed by atoms with Crippen LogP contribution >= 0.6 is 0 Å². The monoisotopic (exact) mass is 455 g/mol. The van der Waals surface area contributed by atoms with E-state index in [1.807, 2.05) is 36.4 Å². The first-order valence-corrected chi connectivity index (χ1v) is 11.7. The molecule has 0 atom stereocenters. The van der Waals surface area contributed by atoms with Gasteiger partial charge in [0.25, 0.3) is 5.91 Å².